The van der Waals surface area contributed by atoms with E-state index in [9.17, 15) is 4.79 Å². The molecule has 23 heavy (non-hydrogen) atoms. The van der Waals surface area contributed by atoms with E-state index in [1.165, 1.54) is 4.88 Å². The lowest BCUT2D eigenvalue weighted by Crippen LogP contribution is -2.29. The van der Waals surface area contributed by atoms with Crippen molar-refractivity contribution in [3.8, 4) is 5.75 Å². The predicted molar refractivity (Wildman–Crippen MR) is 94.1 cm³/mol. The summed E-state index contributed by atoms with van der Waals surface area (Å²) in [4.78, 5) is 19.9. The molecule has 1 amide bonds. The number of carbonyl (C=O) groups is 1. The molecule has 1 aromatic carbocycles. The van der Waals surface area contributed by atoms with Gasteiger partial charge < -0.3 is 9.64 Å². The van der Waals surface area contributed by atoms with Crippen LogP contribution in [0, 0.1) is 13.8 Å². The third kappa shape index (κ3) is 4.32. The third-order valence-corrected chi connectivity index (χ3v) is 5.32. The Hall–Kier alpha value is -1.88. The van der Waals surface area contributed by atoms with Gasteiger partial charge in [0.1, 0.15) is 5.75 Å². The quantitative estimate of drug-likeness (QED) is 0.805. The Morgan fingerprint density at radius 2 is 1.96 bits per heavy atom. The van der Waals surface area contributed by atoms with Gasteiger partial charge in [0, 0.05) is 18.3 Å². The van der Waals surface area contributed by atoms with Gasteiger partial charge in [-0.2, -0.15) is 0 Å². The molecule has 0 N–H and O–H groups in total. The van der Waals surface area contributed by atoms with Crippen molar-refractivity contribution in [2.75, 3.05) is 14.2 Å². The molecule has 2 aromatic rings. The number of benzene rings is 1. The highest BCUT2D eigenvalue weighted by Gasteiger charge is 2.21. The number of hydrogen-bond acceptors (Lipinski definition) is 4. The maximum atomic E-state index is 12.5. The molecule has 2 rings (SSSR count). The molecule has 0 aliphatic rings. The molecule has 0 radical (unpaired) electrons. The average molecular weight is 332 g/mol. The number of ether oxygens (including phenoxy) is 1. The lowest BCUT2D eigenvalue weighted by molar-refractivity contribution is -0.131. The van der Waals surface area contributed by atoms with Crippen molar-refractivity contribution in [2.45, 2.75) is 39.7 Å². The topological polar surface area (TPSA) is 42.4 Å². The number of carbonyl (C=O) groups excluding carboxylic acids is 1. The number of hydrogen-bond donors (Lipinski definition) is 0. The lowest BCUT2D eigenvalue weighted by atomic mass is 10.1. The predicted octanol–water partition coefficient (Wildman–Crippen LogP) is 3.92. The smallest absolute Gasteiger partial charge is 0.223 e. The van der Waals surface area contributed by atoms with Gasteiger partial charge in [-0.05, 0) is 44.9 Å². The Morgan fingerprint density at radius 1 is 1.30 bits per heavy atom. The first kappa shape index (κ1) is 17.5. The van der Waals surface area contributed by atoms with Crippen LogP contribution in [-0.4, -0.2) is 29.9 Å². The van der Waals surface area contributed by atoms with Gasteiger partial charge >= 0.3 is 0 Å². The molecule has 0 fully saturated rings. The van der Waals surface area contributed by atoms with Crippen LogP contribution < -0.4 is 4.74 Å². The van der Waals surface area contributed by atoms with Crippen molar-refractivity contribution < 1.29 is 9.53 Å². The van der Waals surface area contributed by atoms with Crippen molar-refractivity contribution in [3.63, 3.8) is 0 Å². The number of thiazole rings is 1. The van der Waals surface area contributed by atoms with E-state index >= 15 is 0 Å². The normalized spacial score (nSPS) is 12.0. The van der Waals surface area contributed by atoms with E-state index < -0.39 is 0 Å². The van der Waals surface area contributed by atoms with E-state index in [2.05, 4.69) is 11.9 Å². The zero-order chi connectivity index (χ0) is 17.0. The number of amides is 1. The fraction of sp³-hybridized carbons (Fsp3) is 0.444. The summed E-state index contributed by atoms with van der Waals surface area (Å²) >= 11 is 1.67. The first-order valence-corrected chi connectivity index (χ1v) is 8.56. The molecule has 1 unspecified atom stereocenters. The van der Waals surface area contributed by atoms with Crippen LogP contribution in [0.25, 0.3) is 0 Å². The summed E-state index contributed by atoms with van der Waals surface area (Å²) in [7, 11) is 3.52. The Balaban J connectivity index is 1.95. The van der Waals surface area contributed by atoms with Crippen molar-refractivity contribution in [2.24, 2.45) is 0 Å². The van der Waals surface area contributed by atoms with Crippen LogP contribution >= 0.6 is 11.3 Å². The van der Waals surface area contributed by atoms with E-state index in [0.717, 1.165) is 28.4 Å². The standard InChI is InChI=1S/C18H24N2O2S/c1-12-18(23-14(3)19-12)13(2)20(4)17(21)11-8-15-6-9-16(22-5)10-7-15/h6-7,9-10,13H,8,11H2,1-5H3. The van der Waals surface area contributed by atoms with E-state index in [0.29, 0.717) is 6.42 Å². The molecular formula is C18H24N2O2S. The number of aromatic nitrogens is 1. The monoisotopic (exact) mass is 332 g/mol. The van der Waals surface area contributed by atoms with Crippen LogP contribution in [-0.2, 0) is 11.2 Å². The summed E-state index contributed by atoms with van der Waals surface area (Å²) in [6.07, 6.45) is 1.24. The second-order valence-corrected chi connectivity index (χ2v) is 6.95. The second kappa shape index (κ2) is 7.59. The van der Waals surface area contributed by atoms with Gasteiger partial charge in [-0.15, -0.1) is 11.3 Å². The van der Waals surface area contributed by atoms with Crippen LogP contribution in [0.1, 0.15) is 40.5 Å². The minimum Gasteiger partial charge on any atom is -0.497 e. The second-order valence-electron chi connectivity index (χ2n) is 5.71. The molecule has 5 heteroatoms. The molecule has 4 nitrogen and oxygen atoms in total. The molecule has 1 aromatic heterocycles. The molecule has 124 valence electrons. The fourth-order valence-electron chi connectivity index (χ4n) is 2.55. The molecule has 0 spiro atoms. The number of methoxy groups -OCH3 is 1. The Bertz CT molecular complexity index is 664. The summed E-state index contributed by atoms with van der Waals surface area (Å²) in [5.74, 6) is 0.987. The maximum Gasteiger partial charge on any atom is 0.223 e. The minimum absolute atomic E-state index is 0.0598. The van der Waals surface area contributed by atoms with Crippen molar-refractivity contribution in [3.05, 3.63) is 45.4 Å². The van der Waals surface area contributed by atoms with E-state index in [-0.39, 0.29) is 11.9 Å². The molecule has 0 saturated carbocycles. The maximum absolute atomic E-state index is 12.5. The Labute approximate surface area is 142 Å². The summed E-state index contributed by atoms with van der Waals surface area (Å²) in [5.41, 5.74) is 2.17. The van der Waals surface area contributed by atoms with Crippen LogP contribution in [0.3, 0.4) is 0 Å². The van der Waals surface area contributed by atoms with Gasteiger partial charge in [0.05, 0.1) is 23.9 Å². The molecule has 0 bridgehead atoms. The van der Waals surface area contributed by atoms with Crippen molar-refractivity contribution >= 4 is 17.2 Å². The van der Waals surface area contributed by atoms with Crippen molar-refractivity contribution in [1.29, 1.82) is 0 Å². The van der Waals surface area contributed by atoms with Crippen molar-refractivity contribution in [1.82, 2.24) is 9.88 Å². The highest BCUT2D eigenvalue weighted by molar-refractivity contribution is 7.11. The Kier molecular flexibility index (Phi) is 5.77. The first-order chi connectivity index (χ1) is 10.9. The molecule has 0 aliphatic carbocycles. The SMILES string of the molecule is COc1ccc(CCC(=O)N(C)C(C)c2sc(C)nc2C)cc1. The number of nitrogens with zero attached hydrogens (tertiary/aromatic N) is 2. The van der Waals surface area contributed by atoms with Crippen LogP contribution in [0.15, 0.2) is 24.3 Å². The molecule has 0 aliphatic heterocycles. The Morgan fingerprint density at radius 3 is 2.48 bits per heavy atom. The summed E-state index contributed by atoms with van der Waals surface area (Å²) in [5, 5.41) is 1.04. The van der Waals surface area contributed by atoms with Gasteiger partial charge in [-0.25, -0.2) is 4.98 Å². The van der Waals surface area contributed by atoms with Crippen LogP contribution in [0.5, 0.6) is 5.75 Å². The first-order valence-electron chi connectivity index (χ1n) is 7.75. The van der Waals surface area contributed by atoms with E-state index in [4.69, 9.17) is 4.74 Å². The average Bonchev–Trinajstić information content (AvgIpc) is 2.90. The van der Waals surface area contributed by atoms with Crippen LogP contribution in [0.4, 0.5) is 0 Å². The third-order valence-electron chi connectivity index (χ3n) is 4.08. The van der Waals surface area contributed by atoms with E-state index in [1.807, 2.05) is 50.1 Å². The van der Waals surface area contributed by atoms with Gasteiger partial charge in [0.2, 0.25) is 5.91 Å². The fourth-order valence-corrected chi connectivity index (χ4v) is 3.57. The molecule has 1 heterocycles. The largest absolute Gasteiger partial charge is 0.497 e. The highest BCUT2D eigenvalue weighted by Crippen LogP contribution is 2.28. The summed E-state index contributed by atoms with van der Waals surface area (Å²) in [6, 6.07) is 7.92. The van der Waals surface area contributed by atoms with Gasteiger partial charge in [-0.3, -0.25) is 4.79 Å². The van der Waals surface area contributed by atoms with Gasteiger partial charge in [0.25, 0.3) is 0 Å². The van der Waals surface area contributed by atoms with Gasteiger partial charge in [-0.1, -0.05) is 12.1 Å². The molecular weight excluding hydrogens is 308 g/mol. The van der Waals surface area contributed by atoms with Gasteiger partial charge in [0.15, 0.2) is 0 Å². The van der Waals surface area contributed by atoms with Crippen LogP contribution in [0.2, 0.25) is 0 Å². The molecule has 1 atom stereocenters. The minimum atomic E-state index is 0.0598. The summed E-state index contributed by atoms with van der Waals surface area (Å²) < 4.78 is 5.15. The summed E-state index contributed by atoms with van der Waals surface area (Å²) in [6.45, 7) is 6.07. The lowest BCUT2D eigenvalue weighted by Gasteiger charge is -2.24. The zero-order valence-corrected chi connectivity index (χ0v) is 15.2. The zero-order valence-electron chi connectivity index (χ0n) is 14.4. The number of rotatable bonds is 6. The van der Waals surface area contributed by atoms with E-state index in [1.54, 1.807) is 18.4 Å². The molecule has 0 saturated heterocycles. The highest BCUT2D eigenvalue weighted by atomic mass is 32.1. The number of aryl methyl sites for hydroxylation is 3.